The van der Waals surface area contributed by atoms with E-state index in [2.05, 4.69) is 0 Å². The number of carbonyl (C=O) groups is 5. The monoisotopic (exact) mass is 914 g/mol. The summed E-state index contributed by atoms with van der Waals surface area (Å²) in [5.41, 5.74) is 1.16. The van der Waals surface area contributed by atoms with Gasteiger partial charge in [0.15, 0.2) is 5.78 Å². The first-order chi connectivity index (χ1) is 30.7. The second-order valence-electron chi connectivity index (χ2n) is 19.7. The fraction of sp³-hybridized carbons (Fsp3) is 0.745. The molecule has 1 unspecified atom stereocenters. The number of amides is 1. The van der Waals surface area contributed by atoms with Crippen LogP contribution in [0.25, 0.3) is 0 Å². The van der Waals surface area contributed by atoms with Crippen LogP contribution in [-0.2, 0) is 42.9 Å². The Morgan fingerprint density at radius 3 is 2.29 bits per heavy atom. The Kier molecular flexibility index (Phi) is 21.0. The van der Waals surface area contributed by atoms with Gasteiger partial charge in [0.2, 0.25) is 5.79 Å². The number of Topliss-reactive ketones (excluding diaryl/α,β-unsaturated/α-hetero) is 3. The van der Waals surface area contributed by atoms with Gasteiger partial charge < -0.3 is 44.3 Å². The number of nitrogens with zero attached hydrogens (tertiary/aromatic N) is 1. The zero-order valence-electron chi connectivity index (χ0n) is 40.4. The van der Waals surface area contributed by atoms with Crippen molar-refractivity contribution < 1.29 is 63.3 Å². The van der Waals surface area contributed by atoms with E-state index >= 15 is 0 Å². The minimum Gasteiger partial charge on any atom is -0.460 e. The fourth-order valence-electron chi connectivity index (χ4n) is 10.3. The highest BCUT2D eigenvalue weighted by Crippen LogP contribution is 2.38. The molecule has 4 aliphatic rings. The zero-order valence-corrected chi connectivity index (χ0v) is 40.4. The third kappa shape index (κ3) is 14.3. The van der Waals surface area contributed by atoms with Gasteiger partial charge in [-0.3, -0.25) is 19.2 Å². The van der Waals surface area contributed by atoms with E-state index < -0.39 is 90.3 Å². The van der Waals surface area contributed by atoms with Gasteiger partial charge in [-0.2, -0.15) is 0 Å². The number of methoxy groups -OCH3 is 2. The third-order valence-electron chi connectivity index (χ3n) is 14.6. The Morgan fingerprint density at radius 2 is 1.62 bits per heavy atom. The molecule has 366 valence electrons. The molecule has 3 heterocycles. The van der Waals surface area contributed by atoms with Crippen LogP contribution < -0.4 is 0 Å². The van der Waals surface area contributed by atoms with Crippen molar-refractivity contribution in [1.82, 2.24) is 4.90 Å². The molecule has 2 saturated heterocycles. The lowest BCUT2D eigenvalue weighted by molar-refractivity contribution is -0.265. The van der Waals surface area contributed by atoms with Crippen molar-refractivity contribution in [3.8, 4) is 0 Å². The van der Waals surface area contributed by atoms with Crippen LogP contribution in [0.15, 0.2) is 47.6 Å². The van der Waals surface area contributed by atoms with Gasteiger partial charge in [0.05, 0.1) is 43.0 Å². The maximum atomic E-state index is 14.3. The molecule has 15 atom stereocenters. The average molecular weight is 914 g/mol. The number of piperidine rings is 1. The molecule has 65 heavy (non-hydrogen) atoms. The predicted molar refractivity (Wildman–Crippen MR) is 245 cm³/mol. The minimum atomic E-state index is -2.43. The lowest BCUT2D eigenvalue weighted by atomic mass is 9.78. The topological polar surface area (TPSA) is 206 Å². The number of ketones is 3. The summed E-state index contributed by atoms with van der Waals surface area (Å²) in [4.78, 5) is 71.7. The molecule has 0 radical (unpaired) electrons. The van der Waals surface area contributed by atoms with Crippen molar-refractivity contribution in [2.45, 2.75) is 174 Å². The van der Waals surface area contributed by atoms with Crippen LogP contribution >= 0.6 is 0 Å². The molecule has 2 bridgehead atoms. The van der Waals surface area contributed by atoms with Crippen LogP contribution in [0.2, 0.25) is 0 Å². The molecule has 0 aromatic rings. The summed E-state index contributed by atoms with van der Waals surface area (Å²) in [6, 6.07) is -1.15. The number of fused-ring (bicyclic) bond motifs is 3. The molecule has 1 aliphatic carbocycles. The summed E-state index contributed by atoms with van der Waals surface area (Å²) in [5.74, 6) is -9.21. The number of aliphatic hydroxyl groups is 4. The highest BCUT2D eigenvalue weighted by atomic mass is 16.6. The van der Waals surface area contributed by atoms with Crippen LogP contribution in [0.5, 0.6) is 0 Å². The Bertz CT molecular complexity index is 1760. The van der Waals surface area contributed by atoms with Gasteiger partial charge in [0, 0.05) is 51.4 Å². The number of carbonyl (C=O) groups excluding carboxylic acids is 5. The molecule has 3 fully saturated rings. The second kappa shape index (κ2) is 25.1. The van der Waals surface area contributed by atoms with E-state index in [1.54, 1.807) is 48.0 Å². The van der Waals surface area contributed by atoms with E-state index in [4.69, 9.17) is 18.9 Å². The Morgan fingerprint density at radius 1 is 0.892 bits per heavy atom. The number of allylic oxidation sites excluding steroid dienone is 6. The first-order valence-corrected chi connectivity index (χ1v) is 24.0. The van der Waals surface area contributed by atoms with Crippen molar-refractivity contribution in [3.63, 3.8) is 0 Å². The Hall–Kier alpha value is -3.37. The fourth-order valence-corrected chi connectivity index (χ4v) is 10.3. The second-order valence-corrected chi connectivity index (χ2v) is 19.7. The maximum Gasteiger partial charge on any atom is 0.329 e. The molecule has 1 amide bonds. The third-order valence-corrected chi connectivity index (χ3v) is 14.6. The van der Waals surface area contributed by atoms with Crippen molar-refractivity contribution in [1.29, 1.82) is 0 Å². The minimum absolute atomic E-state index is 0.00408. The number of ether oxygens (including phenoxy) is 4. The summed E-state index contributed by atoms with van der Waals surface area (Å²) < 4.78 is 23.8. The van der Waals surface area contributed by atoms with Gasteiger partial charge in [0.1, 0.15) is 17.9 Å². The molecule has 14 nitrogen and oxygen atoms in total. The van der Waals surface area contributed by atoms with Crippen molar-refractivity contribution in [2.75, 3.05) is 27.4 Å². The van der Waals surface area contributed by atoms with E-state index in [0.717, 1.165) is 5.57 Å². The van der Waals surface area contributed by atoms with Gasteiger partial charge in [-0.05, 0) is 107 Å². The van der Waals surface area contributed by atoms with Crippen LogP contribution in [0.1, 0.15) is 126 Å². The molecule has 4 N–H and O–H groups in total. The highest BCUT2D eigenvalue weighted by Gasteiger charge is 2.53. The van der Waals surface area contributed by atoms with Crippen molar-refractivity contribution in [3.05, 3.63) is 47.6 Å². The summed E-state index contributed by atoms with van der Waals surface area (Å²) >= 11 is 0. The first kappa shape index (κ1) is 54.2. The predicted octanol–water partition coefficient (Wildman–Crippen LogP) is 5.77. The van der Waals surface area contributed by atoms with Gasteiger partial charge in [-0.15, -0.1) is 0 Å². The zero-order chi connectivity index (χ0) is 48.2. The van der Waals surface area contributed by atoms with Gasteiger partial charge in [-0.1, -0.05) is 71.1 Å². The molecule has 0 spiro atoms. The maximum absolute atomic E-state index is 14.3. The molecule has 3 aliphatic heterocycles. The number of esters is 1. The SMILES string of the molecule is CO[C@H]1C[C@@H]2CC[C@@H](C)[C@@](O)(O2)C(=O)C(=O)N2CCCC[C@H]2C(=O)O[C@H]([C@H](C)C[C@@H]2CC[C@@H](O)[C@H](OC)C2)CC(=O)/C(C)=C/C(C)[C@@H](O)[C@@H](CO)C(=O)[C@H](C)C[C@H](C)C=CC=CC=C1C. The average Bonchev–Trinajstić information content (AvgIpc) is 3.28. The smallest absolute Gasteiger partial charge is 0.329 e. The molecular formula is C51H79NO13. The normalized spacial score (nSPS) is 38.6. The van der Waals surface area contributed by atoms with E-state index in [1.165, 1.54) is 4.90 Å². The summed E-state index contributed by atoms with van der Waals surface area (Å²) in [5, 5.41) is 44.2. The number of hydrogen-bond acceptors (Lipinski definition) is 13. The summed E-state index contributed by atoms with van der Waals surface area (Å²) in [7, 11) is 3.13. The first-order valence-electron chi connectivity index (χ1n) is 24.0. The van der Waals surface area contributed by atoms with Crippen LogP contribution in [0, 0.1) is 41.4 Å². The van der Waals surface area contributed by atoms with Crippen molar-refractivity contribution in [2.24, 2.45) is 41.4 Å². The molecule has 4 rings (SSSR count). The van der Waals surface area contributed by atoms with Crippen molar-refractivity contribution >= 4 is 29.2 Å². The molecule has 0 aromatic carbocycles. The molecule has 1 saturated carbocycles. The van der Waals surface area contributed by atoms with Crippen LogP contribution in [0.3, 0.4) is 0 Å². The highest BCUT2D eigenvalue weighted by molar-refractivity contribution is 6.39. The molecule has 14 heteroatoms. The van der Waals surface area contributed by atoms with Gasteiger partial charge in [0.25, 0.3) is 11.7 Å². The number of rotatable bonds is 6. The molecule has 0 aromatic heterocycles. The van der Waals surface area contributed by atoms with Crippen LogP contribution in [-0.4, -0.2) is 130 Å². The Balaban J connectivity index is 1.70. The van der Waals surface area contributed by atoms with Gasteiger partial charge >= 0.3 is 5.97 Å². The summed E-state index contributed by atoms with van der Waals surface area (Å²) in [6.07, 6.45) is 12.0. The number of hydrogen-bond donors (Lipinski definition) is 4. The lowest BCUT2D eigenvalue weighted by Crippen LogP contribution is -2.61. The van der Waals surface area contributed by atoms with E-state index in [1.807, 2.05) is 51.2 Å². The largest absolute Gasteiger partial charge is 0.460 e. The lowest BCUT2D eigenvalue weighted by Gasteiger charge is -2.42. The number of cyclic esters (lactones) is 1. The quantitative estimate of drug-likeness (QED) is 0.185. The summed E-state index contributed by atoms with van der Waals surface area (Å²) in [6.45, 7) is 12.0. The van der Waals surface area contributed by atoms with Crippen LogP contribution in [0.4, 0.5) is 0 Å². The molecular weight excluding hydrogens is 835 g/mol. The van der Waals surface area contributed by atoms with E-state index in [-0.39, 0.29) is 60.4 Å². The number of aliphatic hydroxyl groups excluding tert-OH is 3. The Labute approximate surface area is 386 Å². The standard InChI is InChI=1S/C51H79NO13/c1-30-15-11-10-12-16-31(2)43(62-8)27-38-20-18-36(7)51(61,65-38)48(58)49(59)52-22-14-13-17-40(52)50(60)64-44(33(4)25-37-19-21-41(54)45(26-37)63-9)28-42(55)32(3)24-35(6)47(57)39(29-53)46(56)34(5)23-30/h10-12,15-16,24,30,33-41,43-45,47,53-54,57,61H,13-14,17-23,25-29H2,1-9H3/b12-10?,15-11?,31-16?,32-24+/t30-,33-,34-,35?,36-,37+,38+,39+,40+,41-,43+,44+,45-,47-,51-/m1/s1. The van der Waals surface area contributed by atoms with E-state index in [9.17, 15) is 44.4 Å². The van der Waals surface area contributed by atoms with E-state index in [0.29, 0.717) is 64.2 Å². The van der Waals surface area contributed by atoms with Gasteiger partial charge in [-0.25, -0.2) is 4.79 Å².